The van der Waals surface area contributed by atoms with Gasteiger partial charge in [0.2, 0.25) is 0 Å². The Kier molecular flexibility index (Phi) is 4.60. The fourth-order valence-electron chi connectivity index (χ4n) is 0.978. The molecule has 0 saturated heterocycles. The highest BCUT2D eigenvalue weighted by Gasteiger charge is 2.07. The van der Waals surface area contributed by atoms with Crippen molar-refractivity contribution in [3.63, 3.8) is 0 Å². The van der Waals surface area contributed by atoms with Crippen LogP contribution in [0, 0.1) is 0 Å². The van der Waals surface area contributed by atoms with Crippen LogP contribution in [-0.4, -0.2) is 54.4 Å². The van der Waals surface area contributed by atoms with Crippen molar-refractivity contribution in [1.82, 2.24) is 9.80 Å². The van der Waals surface area contributed by atoms with Gasteiger partial charge in [0.05, 0.1) is 6.17 Å². The molecule has 0 aliphatic heterocycles. The SMILES string of the molecule is CN(C)C(C=C[SiH3])N(C)C. The maximum atomic E-state index is 2.23. The van der Waals surface area contributed by atoms with Crippen LogP contribution in [0.5, 0.6) is 0 Å². The third-order valence-electron chi connectivity index (χ3n) is 1.42. The van der Waals surface area contributed by atoms with E-state index in [0.717, 1.165) is 10.2 Å². The van der Waals surface area contributed by atoms with E-state index in [-0.39, 0.29) is 0 Å². The standard InChI is InChI=1S/C7H18N2Si/c1-8(2)7(5-6-10)9(3)4/h5-7H,1-4,10H3. The average Bonchev–Trinajstić information content (AvgIpc) is 1.81. The first kappa shape index (κ1) is 9.88. The van der Waals surface area contributed by atoms with Crippen molar-refractivity contribution in [3.05, 3.63) is 11.8 Å². The molecule has 0 aliphatic rings. The Hall–Kier alpha value is -0.123. The summed E-state index contributed by atoms with van der Waals surface area (Å²) in [6.45, 7) is 0. The molecule has 0 radical (unpaired) electrons. The van der Waals surface area contributed by atoms with E-state index in [2.05, 4.69) is 49.8 Å². The summed E-state index contributed by atoms with van der Waals surface area (Å²) < 4.78 is 0. The van der Waals surface area contributed by atoms with Gasteiger partial charge in [0.1, 0.15) is 0 Å². The molecular weight excluding hydrogens is 140 g/mol. The molecule has 0 atom stereocenters. The Labute approximate surface area is 66.9 Å². The van der Waals surface area contributed by atoms with Gasteiger partial charge in [0.15, 0.2) is 0 Å². The lowest BCUT2D eigenvalue weighted by Crippen LogP contribution is -2.38. The van der Waals surface area contributed by atoms with Crippen molar-refractivity contribution in [3.8, 4) is 0 Å². The van der Waals surface area contributed by atoms with Gasteiger partial charge < -0.3 is 0 Å². The second-order valence-corrected chi connectivity index (χ2v) is 3.53. The summed E-state index contributed by atoms with van der Waals surface area (Å²) in [5, 5.41) is 0. The van der Waals surface area contributed by atoms with Crippen LogP contribution in [0.3, 0.4) is 0 Å². The second-order valence-electron chi connectivity index (χ2n) is 2.87. The van der Waals surface area contributed by atoms with Gasteiger partial charge in [0.25, 0.3) is 0 Å². The number of nitrogens with zero attached hydrogens (tertiary/aromatic N) is 2. The predicted molar refractivity (Wildman–Crippen MR) is 50.2 cm³/mol. The summed E-state index contributed by atoms with van der Waals surface area (Å²) in [5.41, 5.74) is 2.21. The minimum atomic E-state index is 0.456. The summed E-state index contributed by atoms with van der Waals surface area (Å²) >= 11 is 0. The Balaban J connectivity index is 3.98. The van der Waals surface area contributed by atoms with E-state index >= 15 is 0 Å². The van der Waals surface area contributed by atoms with Crippen molar-refractivity contribution in [2.45, 2.75) is 6.17 Å². The van der Waals surface area contributed by atoms with Crippen LogP contribution in [0.4, 0.5) is 0 Å². The molecule has 0 saturated carbocycles. The van der Waals surface area contributed by atoms with Crippen molar-refractivity contribution in [2.75, 3.05) is 28.2 Å². The minimum Gasteiger partial charge on any atom is -0.291 e. The van der Waals surface area contributed by atoms with Gasteiger partial charge in [-0.1, -0.05) is 6.08 Å². The second kappa shape index (κ2) is 4.66. The van der Waals surface area contributed by atoms with E-state index in [9.17, 15) is 0 Å². The molecule has 0 amide bonds. The first-order valence-electron chi connectivity index (χ1n) is 3.55. The van der Waals surface area contributed by atoms with E-state index < -0.39 is 0 Å². The van der Waals surface area contributed by atoms with Gasteiger partial charge in [-0.05, 0) is 28.2 Å². The molecule has 0 rings (SSSR count). The smallest absolute Gasteiger partial charge is 0.0800 e. The van der Waals surface area contributed by atoms with E-state index in [4.69, 9.17) is 0 Å². The highest BCUT2D eigenvalue weighted by molar-refractivity contribution is 6.17. The van der Waals surface area contributed by atoms with Crippen LogP contribution >= 0.6 is 0 Å². The normalized spacial score (nSPS) is 13.1. The van der Waals surface area contributed by atoms with Crippen LogP contribution in [0.2, 0.25) is 0 Å². The zero-order valence-corrected chi connectivity index (χ0v) is 9.63. The molecule has 0 aliphatic carbocycles. The number of hydrogen-bond acceptors (Lipinski definition) is 2. The summed E-state index contributed by atoms with van der Waals surface area (Å²) in [5.74, 6) is 0. The predicted octanol–water partition coefficient (Wildman–Crippen LogP) is -0.685. The van der Waals surface area contributed by atoms with Crippen LogP contribution in [0.1, 0.15) is 0 Å². The molecule has 0 unspecified atom stereocenters. The summed E-state index contributed by atoms with van der Waals surface area (Å²) in [6.07, 6.45) is 2.68. The van der Waals surface area contributed by atoms with Crippen molar-refractivity contribution < 1.29 is 0 Å². The molecular formula is C7H18N2Si. The average molecular weight is 158 g/mol. The lowest BCUT2D eigenvalue weighted by atomic mass is 10.4. The molecule has 3 heteroatoms. The summed E-state index contributed by atoms with van der Waals surface area (Å²) in [4.78, 5) is 4.38. The molecule has 0 heterocycles. The molecule has 0 aromatic heterocycles. The lowest BCUT2D eigenvalue weighted by molar-refractivity contribution is 0.174. The summed E-state index contributed by atoms with van der Waals surface area (Å²) in [6, 6.07) is 0. The third-order valence-corrected chi connectivity index (χ3v) is 1.81. The quantitative estimate of drug-likeness (QED) is 0.396. The van der Waals surface area contributed by atoms with Crippen molar-refractivity contribution in [2.24, 2.45) is 0 Å². The van der Waals surface area contributed by atoms with Crippen LogP contribution < -0.4 is 0 Å². The molecule has 0 aromatic carbocycles. The monoisotopic (exact) mass is 158 g/mol. The highest BCUT2D eigenvalue weighted by atomic mass is 28.1. The Bertz CT molecular complexity index is 102. The molecule has 10 heavy (non-hydrogen) atoms. The number of likely N-dealkylation sites (N-methyl/N-ethyl adjacent to an activating group) is 2. The molecule has 60 valence electrons. The number of rotatable bonds is 3. The van der Waals surface area contributed by atoms with Crippen LogP contribution in [0.25, 0.3) is 0 Å². The van der Waals surface area contributed by atoms with Crippen LogP contribution in [0.15, 0.2) is 11.8 Å². The van der Waals surface area contributed by atoms with Crippen LogP contribution in [-0.2, 0) is 0 Å². The zero-order valence-electron chi connectivity index (χ0n) is 7.63. The highest BCUT2D eigenvalue weighted by Crippen LogP contribution is 1.97. The molecule has 0 aromatic rings. The van der Waals surface area contributed by atoms with Gasteiger partial charge in [-0.15, -0.1) is 5.70 Å². The molecule has 0 N–H and O–H groups in total. The van der Waals surface area contributed by atoms with Gasteiger partial charge in [-0.3, -0.25) is 9.80 Å². The molecule has 0 fully saturated rings. The van der Waals surface area contributed by atoms with Gasteiger partial charge in [0, 0.05) is 10.2 Å². The Morgan fingerprint density at radius 1 is 1.10 bits per heavy atom. The largest absolute Gasteiger partial charge is 0.291 e. The van der Waals surface area contributed by atoms with Gasteiger partial charge in [-0.25, -0.2) is 0 Å². The fourth-order valence-corrected chi connectivity index (χ4v) is 1.32. The lowest BCUT2D eigenvalue weighted by Gasteiger charge is -2.27. The maximum absolute atomic E-state index is 2.23. The first-order chi connectivity index (χ1) is 4.59. The van der Waals surface area contributed by atoms with Gasteiger partial charge in [-0.2, -0.15) is 0 Å². The Morgan fingerprint density at radius 2 is 1.50 bits per heavy atom. The molecule has 0 bridgehead atoms. The zero-order chi connectivity index (χ0) is 8.15. The van der Waals surface area contributed by atoms with Crippen molar-refractivity contribution >= 4 is 10.2 Å². The maximum Gasteiger partial charge on any atom is 0.0800 e. The summed E-state index contributed by atoms with van der Waals surface area (Å²) in [7, 11) is 9.50. The van der Waals surface area contributed by atoms with Gasteiger partial charge >= 0.3 is 0 Å². The van der Waals surface area contributed by atoms with Crippen molar-refractivity contribution in [1.29, 1.82) is 0 Å². The Morgan fingerprint density at radius 3 is 1.60 bits per heavy atom. The van der Waals surface area contributed by atoms with E-state index in [1.54, 1.807) is 0 Å². The fraction of sp³-hybridized carbons (Fsp3) is 0.714. The minimum absolute atomic E-state index is 0.456. The number of hydrogen-bond donors (Lipinski definition) is 0. The first-order valence-corrected chi connectivity index (χ1v) is 4.70. The van der Waals surface area contributed by atoms with E-state index in [1.807, 2.05) is 0 Å². The molecule has 0 spiro atoms. The molecule has 2 nitrogen and oxygen atoms in total. The third kappa shape index (κ3) is 3.15. The topological polar surface area (TPSA) is 6.48 Å². The van der Waals surface area contributed by atoms with E-state index in [0.29, 0.717) is 6.17 Å². The van der Waals surface area contributed by atoms with E-state index in [1.165, 1.54) is 0 Å².